The minimum Gasteiger partial charge on any atom is -0.337 e. The zero-order valence-corrected chi connectivity index (χ0v) is 14.7. The van der Waals surface area contributed by atoms with E-state index in [9.17, 15) is 0 Å². The van der Waals surface area contributed by atoms with E-state index in [2.05, 4.69) is 29.2 Å². The van der Waals surface area contributed by atoms with E-state index in [0.717, 1.165) is 33.9 Å². The van der Waals surface area contributed by atoms with Crippen molar-refractivity contribution in [2.75, 3.05) is 0 Å². The molecule has 0 bridgehead atoms. The number of hydrogen-bond donors (Lipinski definition) is 1. The number of nitrogens with one attached hydrogen (secondary N) is 1. The molecule has 0 fully saturated rings. The Hall–Kier alpha value is -2.55. The Labute approximate surface area is 156 Å². The largest absolute Gasteiger partial charge is 0.337 e. The first-order valence-corrected chi connectivity index (χ1v) is 8.64. The number of benzene rings is 3. The quantitative estimate of drug-likeness (QED) is 0.429. The van der Waals surface area contributed by atoms with Gasteiger partial charge in [-0.2, -0.15) is 0 Å². The minimum atomic E-state index is 0.512. The fourth-order valence-corrected chi connectivity index (χ4v) is 3.07. The lowest BCUT2D eigenvalue weighted by Gasteiger charge is -2.02. The summed E-state index contributed by atoms with van der Waals surface area (Å²) >= 11 is 12.2. The van der Waals surface area contributed by atoms with Crippen molar-refractivity contribution < 1.29 is 0 Å². The van der Waals surface area contributed by atoms with Crippen molar-refractivity contribution in [2.24, 2.45) is 0 Å². The highest BCUT2D eigenvalue weighted by Gasteiger charge is 2.15. The lowest BCUT2D eigenvalue weighted by Crippen LogP contribution is -1.82. The summed E-state index contributed by atoms with van der Waals surface area (Å²) in [6.07, 6.45) is 0. The molecule has 0 aliphatic carbocycles. The Bertz CT molecular complexity index is 952. The van der Waals surface area contributed by atoms with E-state index in [4.69, 9.17) is 28.2 Å². The second kappa shape index (κ2) is 6.75. The molecule has 1 N–H and O–H groups in total. The maximum Gasteiger partial charge on any atom is 0.138 e. The van der Waals surface area contributed by atoms with Crippen molar-refractivity contribution in [2.45, 2.75) is 0 Å². The van der Waals surface area contributed by atoms with E-state index < -0.39 is 0 Å². The molecule has 1 heterocycles. The molecule has 0 saturated carbocycles. The van der Waals surface area contributed by atoms with Crippen molar-refractivity contribution in [1.29, 1.82) is 0 Å². The fraction of sp³-hybridized carbons (Fsp3) is 0. The molecule has 0 atom stereocenters. The number of aromatic amines is 1. The molecule has 1 aromatic heterocycles. The number of hydrogen-bond acceptors (Lipinski definition) is 1. The van der Waals surface area contributed by atoms with Crippen molar-refractivity contribution in [3.63, 3.8) is 0 Å². The van der Waals surface area contributed by atoms with Crippen LogP contribution in [0.2, 0.25) is 10.0 Å². The molecule has 4 heteroatoms. The van der Waals surface area contributed by atoms with Crippen LogP contribution < -0.4 is 0 Å². The zero-order valence-electron chi connectivity index (χ0n) is 13.2. The molecule has 25 heavy (non-hydrogen) atoms. The van der Waals surface area contributed by atoms with Crippen LogP contribution in [0.3, 0.4) is 0 Å². The molecule has 0 radical (unpaired) electrons. The third-order valence-corrected chi connectivity index (χ3v) is 4.75. The Balaban J connectivity index is 1.90. The number of halogens is 2. The van der Waals surface area contributed by atoms with Crippen molar-refractivity contribution in [1.82, 2.24) is 9.97 Å². The van der Waals surface area contributed by atoms with Gasteiger partial charge in [-0.05, 0) is 18.2 Å². The van der Waals surface area contributed by atoms with Gasteiger partial charge >= 0.3 is 0 Å². The van der Waals surface area contributed by atoms with Gasteiger partial charge in [-0.25, -0.2) is 4.98 Å². The molecule has 4 rings (SSSR count). The molecule has 0 aliphatic rings. The van der Waals surface area contributed by atoms with Crippen molar-refractivity contribution in [3.8, 4) is 33.9 Å². The highest BCUT2D eigenvalue weighted by atomic mass is 35.5. The topological polar surface area (TPSA) is 28.7 Å². The highest BCUT2D eigenvalue weighted by Crippen LogP contribution is 2.34. The summed E-state index contributed by atoms with van der Waals surface area (Å²) in [5.41, 5.74) is 4.93. The lowest BCUT2D eigenvalue weighted by molar-refractivity contribution is 1.31. The molecular formula is C21H14Cl2N2. The highest BCUT2D eigenvalue weighted by molar-refractivity contribution is 6.42. The van der Waals surface area contributed by atoms with Gasteiger partial charge < -0.3 is 4.98 Å². The molecule has 2 nitrogen and oxygen atoms in total. The Morgan fingerprint density at radius 3 is 1.92 bits per heavy atom. The Morgan fingerprint density at radius 2 is 1.28 bits per heavy atom. The number of nitrogens with zero attached hydrogens (tertiary/aromatic N) is 1. The summed E-state index contributed by atoms with van der Waals surface area (Å²) < 4.78 is 0. The second-order valence-electron chi connectivity index (χ2n) is 5.67. The van der Waals surface area contributed by atoms with Crippen LogP contribution in [0.5, 0.6) is 0 Å². The second-order valence-corrected chi connectivity index (χ2v) is 6.48. The van der Waals surface area contributed by atoms with E-state index in [0.29, 0.717) is 10.0 Å². The molecule has 3 aromatic carbocycles. The normalized spacial score (nSPS) is 10.8. The Kier molecular flexibility index (Phi) is 4.31. The first kappa shape index (κ1) is 15.9. The van der Waals surface area contributed by atoms with Crippen LogP contribution in [0.1, 0.15) is 0 Å². The summed E-state index contributed by atoms with van der Waals surface area (Å²) in [6.45, 7) is 0. The standard InChI is InChI=1S/C21H14Cl2N2/c22-17-12-11-16(13-18(17)23)21-24-19(14-7-3-1-4-8-14)20(25-21)15-9-5-2-6-10-15/h1-13H,(H,24,25). The van der Waals surface area contributed by atoms with Crippen LogP contribution in [0.15, 0.2) is 78.9 Å². The SMILES string of the molecule is Clc1ccc(-c2nc(-c3ccccc3)c(-c3ccccc3)[nH]2)cc1Cl. The van der Waals surface area contributed by atoms with E-state index in [1.807, 2.05) is 48.5 Å². The van der Waals surface area contributed by atoms with Gasteiger partial charge in [0.25, 0.3) is 0 Å². The summed E-state index contributed by atoms with van der Waals surface area (Å²) in [6, 6.07) is 25.8. The van der Waals surface area contributed by atoms with Gasteiger partial charge in [-0.3, -0.25) is 0 Å². The summed E-state index contributed by atoms with van der Waals surface area (Å²) in [5.74, 6) is 0.760. The molecule has 0 amide bonds. The van der Waals surface area contributed by atoms with Gasteiger partial charge in [-0.1, -0.05) is 83.9 Å². The molecule has 0 unspecified atom stereocenters. The average molecular weight is 365 g/mol. The number of H-pyrrole nitrogens is 1. The van der Waals surface area contributed by atoms with Crippen LogP contribution in [0.25, 0.3) is 33.9 Å². The maximum absolute atomic E-state index is 6.17. The van der Waals surface area contributed by atoms with Crippen LogP contribution >= 0.6 is 23.2 Å². The van der Waals surface area contributed by atoms with Gasteiger partial charge in [0, 0.05) is 16.7 Å². The van der Waals surface area contributed by atoms with Gasteiger partial charge in [-0.15, -0.1) is 0 Å². The van der Waals surface area contributed by atoms with Crippen LogP contribution in [0.4, 0.5) is 0 Å². The molecule has 122 valence electrons. The van der Waals surface area contributed by atoms with Crippen LogP contribution in [0, 0.1) is 0 Å². The molecule has 0 aliphatic heterocycles. The first-order chi connectivity index (χ1) is 12.2. The van der Waals surface area contributed by atoms with Gasteiger partial charge in [0.05, 0.1) is 21.4 Å². The van der Waals surface area contributed by atoms with E-state index in [1.54, 1.807) is 6.07 Å². The third kappa shape index (κ3) is 3.19. The summed E-state index contributed by atoms with van der Waals surface area (Å²) in [5, 5.41) is 1.04. The van der Waals surface area contributed by atoms with Crippen molar-refractivity contribution in [3.05, 3.63) is 88.9 Å². The van der Waals surface area contributed by atoms with E-state index >= 15 is 0 Å². The first-order valence-electron chi connectivity index (χ1n) is 7.88. The number of rotatable bonds is 3. The smallest absolute Gasteiger partial charge is 0.138 e. The third-order valence-electron chi connectivity index (χ3n) is 4.01. The minimum absolute atomic E-state index is 0.512. The molecule has 0 saturated heterocycles. The zero-order chi connectivity index (χ0) is 17.2. The molecule has 4 aromatic rings. The lowest BCUT2D eigenvalue weighted by atomic mass is 10.1. The fourth-order valence-electron chi connectivity index (χ4n) is 2.77. The van der Waals surface area contributed by atoms with Gasteiger partial charge in [0.1, 0.15) is 5.82 Å². The monoisotopic (exact) mass is 364 g/mol. The predicted molar refractivity (Wildman–Crippen MR) is 105 cm³/mol. The van der Waals surface area contributed by atoms with Gasteiger partial charge in [0.2, 0.25) is 0 Å². The van der Waals surface area contributed by atoms with Crippen molar-refractivity contribution >= 4 is 23.2 Å². The predicted octanol–water partition coefficient (Wildman–Crippen LogP) is 6.72. The summed E-state index contributed by atoms with van der Waals surface area (Å²) in [4.78, 5) is 8.29. The maximum atomic E-state index is 6.17. The molecule has 0 spiro atoms. The Morgan fingerprint density at radius 1 is 0.640 bits per heavy atom. The summed E-state index contributed by atoms with van der Waals surface area (Å²) in [7, 11) is 0. The van der Waals surface area contributed by atoms with E-state index in [1.165, 1.54) is 0 Å². The number of imidazole rings is 1. The van der Waals surface area contributed by atoms with E-state index in [-0.39, 0.29) is 0 Å². The van der Waals surface area contributed by atoms with Crippen LogP contribution in [-0.2, 0) is 0 Å². The average Bonchev–Trinajstić information content (AvgIpc) is 3.11. The van der Waals surface area contributed by atoms with Crippen LogP contribution in [-0.4, -0.2) is 9.97 Å². The van der Waals surface area contributed by atoms with Gasteiger partial charge in [0.15, 0.2) is 0 Å². The number of aromatic nitrogens is 2. The molecular weight excluding hydrogens is 351 g/mol.